The van der Waals surface area contributed by atoms with Gasteiger partial charge in [-0.3, -0.25) is 15.3 Å². The van der Waals surface area contributed by atoms with Gasteiger partial charge in [0, 0.05) is 25.3 Å². The number of hydrogen-bond donors (Lipinski definition) is 3. The minimum atomic E-state index is -8.71. The lowest BCUT2D eigenvalue weighted by Gasteiger charge is -2.44. The molecule has 392 valence electrons. The quantitative estimate of drug-likeness (QED) is 0.0171. The number of rotatable bonds is 25. The molecular weight excluding hydrogens is 1000 g/mol. The number of carbonyl (C=O) groups excluding carboxylic acids is 2. The van der Waals surface area contributed by atoms with Crippen LogP contribution in [0.5, 0.6) is 11.5 Å². The lowest BCUT2D eigenvalue weighted by molar-refractivity contribution is -0.461. The van der Waals surface area contributed by atoms with E-state index in [0.717, 1.165) is 6.08 Å². The van der Waals surface area contributed by atoms with Crippen molar-refractivity contribution in [2.75, 3.05) is 32.8 Å². The maximum Gasteiger partial charge on any atom is 0.460 e. The summed E-state index contributed by atoms with van der Waals surface area (Å²) in [6, 6.07) is 10.3. The molecule has 0 fully saturated rings. The highest BCUT2D eigenvalue weighted by molar-refractivity contribution is 6.76. The number of hydrogen-bond acceptors (Lipinski definition) is 8. The maximum atomic E-state index is 15.0. The normalized spacial score (nSPS) is 15.1. The number of hydroxylamine groups is 1. The molecule has 0 aromatic heterocycles. The number of ether oxygens (including phenoxy) is 4. The summed E-state index contributed by atoms with van der Waals surface area (Å²) >= 11 is 0. The molecule has 0 saturated heterocycles. The van der Waals surface area contributed by atoms with E-state index in [1.165, 1.54) is 95.9 Å². The highest BCUT2D eigenvalue weighted by Gasteiger charge is 2.95. The van der Waals surface area contributed by atoms with Crippen LogP contribution in [0.4, 0.5) is 85.1 Å². The first-order valence-electron chi connectivity index (χ1n) is 19.9. The predicted molar refractivity (Wildman–Crippen MR) is 213 cm³/mol. The van der Waals surface area contributed by atoms with E-state index in [2.05, 4.69) is 5.32 Å². The summed E-state index contributed by atoms with van der Waals surface area (Å²) in [7, 11) is -1.34. The van der Waals surface area contributed by atoms with Gasteiger partial charge in [0.05, 0.1) is 13.7 Å². The van der Waals surface area contributed by atoms with Gasteiger partial charge in [-0.25, -0.2) is 10.3 Å². The Hall–Kier alpha value is -4.83. The molecule has 2 aromatic carbocycles. The number of nitrogens with one attached hydrogen (secondary N) is 2. The van der Waals surface area contributed by atoms with Crippen LogP contribution in [0, 0.1) is 0 Å². The first-order valence-corrected chi connectivity index (χ1v) is 22.2. The second kappa shape index (κ2) is 22.5. The lowest BCUT2D eigenvalue weighted by atomic mass is 9.88. The molecule has 69 heavy (non-hydrogen) atoms. The molecule has 28 heteroatoms. The fourth-order valence-electron chi connectivity index (χ4n) is 6.71. The van der Waals surface area contributed by atoms with E-state index < -0.39 is 117 Å². The zero-order valence-electron chi connectivity index (χ0n) is 37.2. The Balaban J connectivity index is 2.36. The monoisotopic (exact) mass is 1050 g/mol. The van der Waals surface area contributed by atoms with E-state index in [4.69, 9.17) is 28.6 Å². The molecule has 0 aliphatic heterocycles. The molecule has 0 aliphatic carbocycles. The molecule has 0 aliphatic rings. The summed E-state index contributed by atoms with van der Waals surface area (Å²) in [5, 5.41) is 11.3. The minimum Gasteiger partial charge on any atom is -0.497 e. The van der Waals surface area contributed by atoms with Gasteiger partial charge >= 0.3 is 53.7 Å². The maximum absolute atomic E-state index is 15.0. The Morgan fingerprint density at radius 3 is 1.61 bits per heavy atom. The Kier molecular flexibility index (Phi) is 19.7. The van der Waals surface area contributed by atoms with Crippen LogP contribution >= 0.6 is 0 Å². The van der Waals surface area contributed by atoms with Crippen molar-refractivity contribution in [2.45, 2.75) is 118 Å². The van der Waals surface area contributed by atoms with E-state index in [1.807, 2.05) is 0 Å². The van der Waals surface area contributed by atoms with Gasteiger partial charge in [-0.2, -0.15) is 74.6 Å². The second-order valence-corrected chi connectivity index (χ2v) is 20.8. The van der Waals surface area contributed by atoms with Crippen LogP contribution < -0.4 is 20.3 Å². The Labute approximate surface area is 384 Å². The first kappa shape index (κ1) is 60.3. The summed E-state index contributed by atoms with van der Waals surface area (Å²) in [5.74, 6) is -57.3. The zero-order valence-corrected chi connectivity index (χ0v) is 38.2. The summed E-state index contributed by atoms with van der Waals surface area (Å²) in [6.07, 6.45) is -10.0. The average Bonchev–Trinajstić information content (AvgIpc) is 3.25. The topological polar surface area (TPSA) is 125 Å². The summed E-state index contributed by atoms with van der Waals surface area (Å²) in [6.45, 7) is 5.74. The van der Waals surface area contributed by atoms with Crippen molar-refractivity contribution in [3.05, 3.63) is 77.9 Å². The van der Waals surface area contributed by atoms with E-state index in [9.17, 15) is 75.4 Å². The van der Waals surface area contributed by atoms with Crippen molar-refractivity contribution in [3.8, 4) is 11.5 Å². The molecular formula is C41H47F17N2O8Si. The smallest absolute Gasteiger partial charge is 0.460 e. The van der Waals surface area contributed by atoms with Gasteiger partial charge in [0.25, 0.3) is 5.91 Å². The van der Waals surface area contributed by atoms with Crippen molar-refractivity contribution in [2.24, 2.45) is 0 Å². The first-order chi connectivity index (χ1) is 31.4. The van der Waals surface area contributed by atoms with Crippen molar-refractivity contribution >= 4 is 26.0 Å². The highest BCUT2D eigenvalue weighted by atomic mass is 28.4. The van der Waals surface area contributed by atoms with Gasteiger partial charge in [0.1, 0.15) is 24.2 Å². The largest absolute Gasteiger partial charge is 0.497 e. The van der Waals surface area contributed by atoms with Crippen molar-refractivity contribution in [3.63, 3.8) is 0 Å². The fraction of sp³-hybridized carbons (Fsp3) is 0.561. The molecule has 0 saturated carbocycles. The van der Waals surface area contributed by atoms with Crippen LogP contribution in [0.3, 0.4) is 0 Å². The number of amides is 2. The number of anilines is 1. The van der Waals surface area contributed by atoms with Gasteiger partial charge in [0.15, 0.2) is 14.4 Å². The lowest BCUT2D eigenvalue weighted by Crippen LogP contribution is -2.74. The number of benzene rings is 2. The van der Waals surface area contributed by atoms with Crippen LogP contribution in [-0.4, -0.2) is 107 Å². The van der Waals surface area contributed by atoms with E-state index in [0.29, 0.717) is 17.0 Å². The molecule has 0 heterocycles. The molecule has 0 spiro atoms. The second-order valence-electron chi connectivity index (χ2n) is 15.8. The van der Waals surface area contributed by atoms with Crippen molar-refractivity contribution in [1.82, 2.24) is 5.48 Å². The fourth-order valence-corrected chi connectivity index (χ4v) is 11.2. The molecule has 0 radical (unpaired) electrons. The van der Waals surface area contributed by atoms with E-state index >= 15 is 8.78 Å². The average molecular weight is 1050 g/mol. The molecule has 2 atom stereocenters. The molecule has 2 rings (SSSR count). The number of methoxy groups -OCH3 is 2. The Bertz CT molecular complexity index is 2060. The third kappa shape index (κ3) is 12.6. The number of alkyl halides is 17. The van der Waals surface area contributed by atoms with Crippen LogP contribution in [-0.2, 0) is 18.7 Å². The zero-order chi connectivity index (χ0) is 53.4. The third-order valence-corrected chi connectivity index (χ3v) is 16.5. The SMILES string of the molecule is COc1ccc(NC(=O)O[C@@H](c2ccc(OCCO[Si](CCC(F)(F)C(F)(F)C(F)(F)C(F)(F)C(F)(F)C(F)(F)C(F)(F)C(F)(F)F)(C(C)C)C(C)C)cc2)[C@@H](OC)/C(C)=C/C=C/C(=O)NO)cc1. The molecule has 2 amide bonds. The Morgan fingerprint density at radius 1 is 0.681 bits per heavy atom. The van der Waals surface area contributed by atoms with Crippen LogP contribution in [0.2, 0.25) is 17.1 Å². The number of carbonyl (C=O) groups is 2. The van der Waals surface area contributed by atoms with E-state index in [-0.39, 0.29) is 11.3 Å². The van der Waals surface area contributed by atoms with Gasteiger partial charge in [-0.05, 0) is 71.6 Å². The van der Waals surface area contributed by atoms with Gasteiger partial charge < -0.3 is 23.4 Å². The van der Waals surface area contributed by atoms with Crippen LogP contribution in [0.1, 0.15) is 52.7 Å². The summed E-state index contributed by atoms with van der Waals surface area (Å²) in [5.41, 5.74) is 0.559. The molecule has 0 unspecified atom stereocenters. The summed E-state index contributed by atoms with van der Waals surface area (Å²) in [4.78, 5) is 24.5. The number of halogens is 17. The van der Waals surface area contributed by atoms with E-state index in [1.54, 1.807) is 19.1 Å². The van der Waals surface area contributed by atoms with Gasteiger partial charge in [0.2, 0.25) is 0 Å². The van der Waals surface area contributed by atoms with Gasteiger partial charge in [-0.1, -0.05) is 52.0 Å². The van der Waals surface area contributed by atoms with Crippen molar-refractivity contribution < 1.29 is 113 Å². The standard InChI is InChI=1S/C41H47F17N2O8Si/c1-23(2)69(24(3)4,22-19-34(42,43)35(44,45)36(46,47)37(48,49)38(50,51)39(52,53)40(54,55)41(56,57)58)67-21-20-66-29-15-11-26(12-16-29)32(31(65-7)25(5)9-8-10-30(61)60-63)68-33(62)59-27-13-17-28(64-6)18-14-27/h8-18,23-24,31-32,63H,19-22H2,1-7H3,(H,59,62)(H,60,61)/b10-8+,25-9+/t31-,32-/m0/s1. The Morgan fingerprint density at radius 2 is 1.16 bits per heavy atom. The predicted octanol–water partition coefficient (Wildman–Crippen LogP) is 12.6. The molecule has 3 N–H and O–H groups in total. The summed E-state index contributed by atoms with van der Waals surface area (Å²) < 4.78 is 264. The third-order valence-electron chi connectivity index (χ3n) is 10.8. The van der Waals surface area contributed by atoms with Crippen LogP contribution in [0.25, 0.3) is 0 Å². The van der Waals surface area contributed by atoms with Crippen molar-refractivity contribution in [1.29, 1.82) is 0 Å². The van der Waals surface area contributed by atoms with Gasteiger partial charge in [-0.15, -0.1) is 0 Å². The molecule has 0 bridgehead atoms. The van der Waals surface area contributed by atoms with Crippen LogP contribution in [0.15, 0.2) is 72.3 Å². The molecule has 2 aromatic rings. The molecule has 10 nitrogen and oxygen atoms in total. The minimum absolute atomic E-state index is 0.0639. The highest BCUT2D eigenvalue weighted by Crippen LogP contribution is 2.64. The number of allylic oxidation sites excluding steroid dienone is 2.